The summed E-state index contributed by atoms with van der Waals surface area (Å²) in [6.45, 7) is 4.46. The minimum Gasteiger partial charge on any atom is -0.315 e. The van der Waals surface area contributed by atoms with Crippen molar-refractivity contribution in [3.05, 3.63) is 0 Å². The number of nitrogens with one attached hydrogen (secondary N) is 1. The van der Waals surface area contributed by atoms with Crippen molar-refractivity contribution in [2.24, 2.45) is 5.92 Å². The summed E-state index contributed by atoms with van der Waals surface area (Å²) in [6.07, 6.45) is 16.9. The lowest BCUT2D eigenvalue weighted by atomic mass is 10.1. The normalized spacial score (nSPS) is 16.7. The lowest BCUT2D eigenvalue weighted by Gasteiger charge is -2.09. The molecule has 1 atom stereocenters. The standard InChI is InChI=1S/C17H34ClN/c1-2-3-4-5-6-7-8-9-10-11-14-19-15-17(18)16-12-13-16/h16-17,19H,2-15H2,1H3. The van der Waals surface area contributed by atoms with Crippen LogP contribution in [-0.2, 0) is 0 Å². The van der Waals surface area contributed by atoms with Gasteiger partial charge in [-0.2, -0.15) is 0 Å². The molecule has 1 fully saturated rings. The van der Waals surface area contributed by atoms with Gasteiger partial charge in [0.1, 0.15) is 0 Å². The molecule has 2 heteroatoms. The summed E-state index contributed by atoms with van der Waals surface area (Å²) in [5.41, 5.74) is 0. The maximum Gasteiger partial charge on any atom is 0.0488 e. The number of unbranched alkanes of at least 4 members (excludes halogenated alkanes) is 9. The fraction of sp³-hybridized carbons (Fsp3) is 1.00. The lowest BCUT2D eigenvalue weighted by molar-refractivity contribution is 0.538. The second-order valence-electron chi connectivity index (χ2n) is 6.24. The van der Waals surface area contributed by atoms with E-state index >= 15 is 0 Å². The Hall–Kier alpha value is 0.250. The first-order chi connectivity index (χ1) is 9.34. The van der Waals surface area contributed by atoms with Crippen LogP contribution in [0.15, 0.2) is 0 Å². The minimum atomic E-state index is 0.392. The minimum absolute atomic E-state index is 0.392. The topological polar surface area (TPSA) is 12.0 Å². The Labute approximate surface area is 125 Å². The Kier molecular flexibility index (Phi) is 11.0. The van der Waals surface area contributed by atoms with Crippen LogP contribution in [0.1, 0.15) is 84.0 Å². The quantitative estimate of drug-likeness (QED) is 0.328. The highest BCUT2D eigenvalue weighted by molar-refractivity contribution is 6.21. The molecule has 19 heavy (non-hydrogen) atoms. The van der Waals surface area contributed by atoms with E-state index in [-0.39, 0.29) is 0 Å². The average Bonchev–Trinajstić information content (AvgIpc) is 3.24. The second kappa shape index (κ2) is 12.0. The molecule has 1 nitrogen and oxygen atoms in total. The van der Waals surface area contributed by atoms with Gasteiger partial charge >= 0.3 is 0 Å². The SMILES string of the molecule is CCCCCCCCCCCCNCC(Cl)C1CC1. The molecule has 0 saturated heterocycles. The molecule has 0 aliphatic heterocycles. The van der Waals surface area contributed by atoms with Gasteiger partial charge in [0.25, 0.3) is 0 Å². The van der Waals surface area contributed by atoms with Crippen LogP contribution in [0.4, 0.5) is 0 Å². The summed E-state index contributed by atoms with van der Waals surface area (Å²) in [5, 5.41) is 3.89. The number of hydrogen-bond donors (Lipinski definition) is 1. The molecule has 1 aliphatic carbocycles. The Balaban J connectivity index is 1.67. The zero-order valence-electron chi connectivity index (χ0n) is 12.9. The zero-order valence-corrected chi connectivity index (χ0v) is 13.7. The highest BCUT2D eigenvalue weighted by atomic mass is 35.5. The lowest BCUT2D eigenvalue weighted by Crippen LogP contribution is -2.25. The second-order valence-corrected chi connectivity index (χ2v) is 6.80. The van der Waals surface area contributed by atoms with Crippen molar-refractivity contribution in [3.8, 4) is 0 Å². The fourth-order valence-electron chi connectivity index (χ4n) is 2.60. The number of hydrogen-bond acceptors (Lipinski definition) is 1. The summed E-state index contributed by atoms with van der Waals surface area (Å²) < 4.78 is 0. The highest BCUT2D eigenvalue weighted by Gasteiger charge is 2.28. The molecule has 0 spiro atoms. The van der Waals surface area contributed by atoms with Crippen molar-refractivity contribution in [2.75, 3.05) is 13.1 Å². The summed E-state index contributed by atoms with van der Waals surface area (Å²) >= 11 is 6.25. The average molecular weight is 288 g/mol. The van der Waals surface area contributed by atoms with Crippen LogP contribution in [-0.4, -0.2) is 18.5 Å². The van der Waals surface area contributed by atoms with Crippen LogP contribution in [0, 0.1) is 5.92 Å². The van der Waals surface area contributed by atoms with E-state index in [1.165, 1.54) is 77.0 Å². The van der Waals surface area contributed by atoms with Gasteiger partial charge in [-0.25, -0.2) is 0 Å². The van der Waals surface area contributed by atoms with Crippen molar-refractivity contribution in [1.82, 2.24) is 5.32 Å². The molecule has 0 aromatic rings. The predicted molar refractivity (Wildman–Crippen MR) is 87.1 cm³/mol. The van der Waals surface area contributed by atoms with Crippen molar-refractivity contribution in [2.45, 2.75) is 89.4 Å². The van der Waals surface area contributed by atoms with Gasteiger partial charge in [0.2, 0.25) is 0 Å². The van der Waals surface area contributed by atoms with Gasteiger partial charge in [0.05, 0.1) is 0 Å². The van der Waals surface area contributed by atoms with Gasteiger partial charge < -0.3 is 5.32 Å². The van der Waals surface area contributed by atoms with Crippen molar-refractivity contribution < 1.29 is 0 Å². The van der Waals surface area contributed by atoms with Crippen molar-refractivity contribution in [3.63, 3.8) is 0 Å². The summed E-state index contributed by atoms with van der Waals surface area (Å²) in [7, 11) is 0. The third-order valence-electron chi connectivity index (χ3n) is 4.18. The maximum absolute atomic E-state index is 6.25. The summed E-state index contributed by atoms with van der Waals surface area (Å²) in [6, 6.07) is 0. The van der Waals surface area contributed by atoms with Gasteiger partial charge in [-0.05, 0) is 31.7 Å². The number of rotatable bonds is 14. The van der Waals surface area contributed by atoms with Crippen LogP contribution in [0.2, 0.25) is 0 Å². The summed E-state index contributed by atoms with van der Waals surface area (Å²) in [4.78, 5) is 0. The molecule has 1 aliphatic rings. The summed E-state index contributed by atoms with van der Waals surface area (Å²) in [5.74, 6) is 0.821. The van der Waals surface area contributed by atoms with E-state index in [4.69, 9.17) is 11.6 Å². The van der Waals surface area contributed by atoms with Gasteiger partial charge in [-0.3, -0.25) is 0 Å². The van der Waals surface area contributed by atoms with E-state index in [1.54, 1.807) is 0 Å². The molecule has 0 amide bonds. The molecule has 0 aromatic heterocycles. The molecule has 1 rings (SSSR count). The maximum atomic E-state index is 6.25. The van der Waals surface area contributed by atoms with Crippen LogP contribution in [0.25, 0.3) is 0 Å². The van der Waals surface area contributed by atoms with Crippen LogP contribution in [0.3, 0.4) is 0 Å². The van der Waals surface area contributed by atoms with E-state index in [9.17, 15) is 0 Å². The smallest absolute Gasteiger partial charge is 0.0488 e. The molecule has 0 aromatic carbocycles. The van der Waals surface area contributed by atoms with Gasteiger partial charge in [0.15, 0.2) is 0 Å². The third-order valence-corrected chi connectivity index (χ3v) is 4.69. The fourth-order valence-corrected chi connectivity index (χ4v) is 2.96. The van der Waals surface area contributed by atoms with E-state index in [2.05, 4.69) is 12.2 Å². The van der Waals surface area contributed by atoms with E-state index < -0.39 is 0 Å². The Bertz CT molecular complexity index is 192. The highest BCUT2D eigenvalue weighted by Crippen LogP contribution is 2.35. The van der Waals surface area contributed by atoms with E-state index in [1.807, 2.05) is 0 Å². The van der Waals surface area contributed by atoms with Crippen LogP contribution >= 0.6 is 11.6 Å². The Morgan fingerprint density at radius 2 is 1.42 bits per heavy atom. The first-order valence-corrected chi connectivity index (χ1v) is 9.13. The molecule has 1 saturated carbocycles. The first-order valence-electron chi connectivity index (χ1n) is 8.69. The number of alkyl halides is 1. The third kappa shape index (κ3) is 10.7. The zero-order chi connectivity index (χ0) is 13.8. The predicted octanol–water partition coefficient (Wildman–Crippen LogP) is 5.51. The van der Waals surface area contributed by atoms with Gasteiger partial charge in [-0.1, -0.05) is 64.7 Å². The molecular weight excluding hydrogens is 254 g/mol. The Morgan fingerprint density at radius 3 is 1.95 bits per heavy atom. The molecule has 0 bridgehead atoms. The van der Waals surface area contributed by atoms with Crippen LogP contribution in [0.5, 0.6) is 0 Å². The monoisotopic (exact) mass is 287 g/mol. The molecule has 114 valence electrons. The molecular formula is C17H34ClN. The Morgan fingerprint density at radius 1 is 0.895 bits per heavy atom. The van der Waals surface area contributed by atoms with E-state index in [0.717, 1.165) is 19.0 Å². The first kappa shape index (κ1) is 17.3. The van der Waals surface area contributed by atoms with Gasteiger partial charge in [-0.15, -0.1) is 11.6 Å². The molecule has 1 N–H and O–H groups in total. The largest absolute Gasteiger partial charge is 0.315 e. The van der Waals surface area contributed by atoms with Crippen molar-refractivity contribution in [1.29, 1.82) is 0 Å². The van der Waals surface area contributed by atoms with Crippen LogP contribution < -0.4 is 5.32 Å². The van der Waals surface area contributed by atoms with E-state index in [0.29, 0.717) is 5.38 Å². The molecule has 0 radical (unpaired) electrons. The molecule has 0 heterocycles. The van der Waals surface area contributed by atoms with Gasteiger partial charge in [0, 0.05) is 11.9 Å². The van der Waals surface area contributed by atoms with Crippen molar-refractivity contribution >= 4 is 11.6 Å². The number of halogens is 1. The molecule has 1 unspecified atom stereocenters.